The quantitative estimate of drug-likeness (QED) is 0.824. The van der Waals surface area contributed by atoms with Crippen molar-refractivity contribution >= 4 is 51.7 Å². The lowest BCUT2D eigenvalue weighted by Gasteiger charge is -2.28. The fourth-order valence-electron chi connectivity index (χ4n) is 2.42. The third kappa shape index (κ3) is 4.67. The van der Waals surface area contributed by atoms with Gasteiger partial charge in [0.2, 0.25) is 11.8 Å². The predicted molar refractivity (Wildman–Crippen MR) is 107 cm³/mol. The maximum Gasteiger partial charge on any atom is 0.238 e. The first-order valence-electron chi connectivity index (χ1n) is 8.18. The molecule has 1 atom stereocenters. The molecule has 1 heterocycles. The van der Waals surface area contributed by atoms with E-state index in [2.05, 4.69) is 10.3 Å². The molecule has 0 unspecified atom stereocenters. The van der Waals surface area contributed by atoms with Crippen molar-refractivity contribution < 1.29 is 14.0 Å². The van der Waals surface area contributed by atoms with Crippen LogP contribution in [0.3, 0.4) is 0 Å². The zero-order chi connectivity index (χ0) is 19.6. The number of aryl methyl sites for hydroxylation is 1. The van der Waals surface area contributed by atoms with Crippen LogP contribution in [0.5, 0.6) is 0 Å². The van der Waals surface area contributed by atoms with Crippen LogP contribution < -0.4 is 5.32 Å². The van der Waals surface area contributed by atoms with Crippen LogP contribution in [0.25, 0.3) is 0 Å². The predicted octanol–water partition coefficient (Wildman–Crippen LogP) is 4.38. The normalized spacial score (nSPS) is 18.7. The minimum atomic E-state index is -0.618. The number of hydrogen-bond acceptors (Lipinski definition) is 4. The van der Waals surface area contributed by atoms with Crippen molar-refractivity contribution in [3.63, 3.8) is 0 Å². The third-order valence-corrected chi connectivity index (χ3v) is 5.70. The molecule has 1 N–H and O–H groups in total. The van der Waals surface area contributed by atoms with Crippen LogP contribution in [0.1, 0.15) is 12.0 Å². The van der Waals surface area contributed by atoms with Crippen LogP contribution in [0.2, 0.25) is 5.02 Å². The van der Waals surface area contributed by atoms with Gasteiger partial charge in [-0.25, -0.2) is 9.38 Å². The van der Waals surface area contributed by atoms with Crippen LogP contribution in [0.4, 0.5) is 15.8 Å². The van der Waals surface area contributed by atoms with Crippen LogP contribution in [0, 0.1) is 12.7 Å². The van der Waals surface area contributed by atoms with E-state index < -0.39 is 5.25 Å². The number of amides is 2. The highest BCUT2D eigenvalue weighted by Gasteiger charge is 2.34. The molecule has 0 radical (unpaired) electrons. The number of amidine groups is 1. The van der Waals surface area contributed by atoms with Gasteiger partial charge < -0.3 is 5.32 Å². The van der Waals surface area contributed by atoms with E-state index in [9.17, 15) is 14.0 Å². The number of anilines is 1. The SMILES string of the molecule is Cc1ccc(NC(=O)[C@H]2CC(=O)N(C)C(=Nc3ccc(F)cc3)S2)cc1Cl. The standard InChI is InChI=1S/C19H17ClFN3O2S/c1-11-3-6-14(9-15(11)20)22-18(26)16-10-17(25)24(2)19(27-16)23-13-7-4-12(21)5-8-13/h3-9,16H,10H2,1-2H3,(H,22,26)/t16-/m1/s1. The first-order chi connectivity index (χ1) is 12.8. The Morgan fingerprint density at radius 2 is 2.00 bits per heavy atom. The molecule has 8 heteroatoms. The topological polar surface area (TPSA) is 61.8 Å². The molecule has 0 saturated carbocycles. The summed E-state index contributed by atoms with van der Waals surface area (Å²) in [5, 5.41) is 3.11. The molecule has 3 rings (SSSR count). The number of nitrogens with zero attached hydrogens (tertiary/aromatic N) is 2. The van der Waals surface area contributed by atoms with Crippen molar-refractivity contribution in [2.75, 3.05) is 12.4 Å². The van der Waals surface area contributed by atoms with E-state index in [0.29, 0.717) is 21.6 Å². The average molecular weight is 406 g/mol. The van der Waals surface area contributed by atoms with E-state index in [1.165, 1.54) is 40.9 Å². The number of benzene rings is 2. The van der Waals surface area contributed by atoms with E-state index in [0.717, 1.165) is 5.56 Å². The molecule has 0 bridgehead atoms. The molecule has 1 aliphatic rings. The van der Waals surface area contributed by atoms with Crippen molar-refractivity contribution in [1.82, 2.24) is 4.90 Å². The number of aliphatic imine (C=N–C) groups is 1. The van der Waals surface area contributed by atoms with Gasteiger partial charge in [-0.3, -0.25) is 14.5 Å². The van der Waals surface area contributed by atoms with E-state index in [1.54, 1.807) is 19.2 Å². The van der Waals surface area contributed by atoms with Crippen molar-refractivity contribution in [2.45, 2.75) is 18.6 Å². The van der Waals surface area contributed by atoms with Gasteiger partial charge in [0.25, 0.3) is 0 Å². The second kappa shape index (κ2) is 8.10. The highest BCUT2D eigenvalue weighted by Crippen LogP contribution is 2.29. The molecule has 2 amide bonds. The van der Waals surface area contributed by atoms with E-state index in [1.807, 2.05) is 13.0 Å². The summed E-state index contributed by atoms with van der Waals surface area (Å²) in [6.07, 6.45) is 0.0645. The van der Waals surface area contributed by atoms with Crippen molar-refractivity contribution in [3.8, 4) is 0 Å². The van der Waals surface area contributed by atoms with Crippen LogP contribution >= 0.6 is 23.4 Å². The van der Waals surface area contributed by atoms with Crippen LogP contribution in [0.15, 0.2) is 47.5 Å². The monoisotopic (exact) mass is 405 g/mol. The smallest absolute Gasteiger partial charge is 0.238 e. The molecular formula is C19H17ClFN3O2S. The van der Waals surface area contributed by atoms with Crippen molar-refractivity contribution in [1.29, 1.82) is 0 Å². The van der Waals surface area contributed by atoms with E-state index >= 15 is 0 Å². The summed E-state index contributed by atoms with van der Waals surface area (Å²) in [6.45, 7) is 1.87. The first-order valence-corrected chi connectivity index (χ1v) is 9.44. The van der Waals surface area contributed by atoms with E-state index in [-0.39, 0.29) is 24.1 Å². The second-order valence-corrected chi connectivity index (χ2v) is 7.66. The number of carbonyl (C=O) groups excluding carboxylic acids is 2. The summed E-state index contributed by atoms with van der Waals surface area (Å²) < 4.78 is 13.1. The van der Waals surface area contributed by atoms with Gasteiger partial charge in [-0.15, -0.1) is 0 Å². The fourth-order valence-corrected chi connectivity index (χ4v) is 3.66. The maximum atomic E-state index is 13.1. The summed E-state index contributed by atoms with van der Waals surface area (Å²) >= 11 is 7.28. The van der Waals surface area contributed by atoms with Crippen LogP contribution in [-0.4, -0.2) is 34.2 Å². The Morgan fingerprint density at radius 3 is 2.67 bits per heavy atom. The van der Waals surface area contributed by atoms with Gasteiger partial charge >= 0.3 is 0 Å². The summed E-state index contributed by atoms with van der Waals surface area (Å²) in [4.78, 5) is 30.7. The molecule has 1 aliphatic heterocycles. The number of halogens is 2. The number of hydrogen-bond donors (Lipinski definition) is 1. The molecule has 0 spiro atoms. The summed E-state index contributed by atoms with van der Waals surface area (Å²) in [7, 11) is 1.60. The maximum absolute atomic E-state index is 13.1. The molecule has 27 heavy (non-hydrogen) atoms. The Balaban J connectivity index is 1.77. The fraction of sp³-hybridized carbons (Fsp3) is 0.211. The van der Waals surface area contributed by atoms with Crippen molar-refractivity contribution in [3.05, 3.63) is 58.9 Å². The largest absolute Gasteiger partial charge is 0.325 e. The lowest BCUT2D eigenvalue weighted by Crippen LogP contribution is -2.43. The zero-order valence-electron chi connectivity index (χ0n) is 14.7. The Kier molecular flexibility index (Phi) is 5.82. The Hall–Kier alpha value is -2.38. The van der Waals surface area contributed by atoms with Gasteiger partial charge in [0.05, 0.1) is 5.69 Å². The number of rotatable bonds is 3. The minimum absolute atomic E-state index is 0.0645. The number of thioether (sulfide) groups is 1. The Labute approximate surface area is 165 Å². The molecule has 140 valence electrons. The second-order valence-electron chi connectivity index (χ2n) is 6.09. The lowest BCUT2D eigenvalue weighted by atomic mass is 10.2. The summed E-state index contributed by atoms with van der Waals surface area (Å²) in [5.41, 5.74) is 1.98. The Bertz CT molecular complexity index is 918. The molecule has 1 saturated heterocycles. The zero-order valence-corrected chi connectivity index (χ0v) is 16.3. The molecule has 0 aromatic heterocycles. The summed E-state index contributed by atoms with van der Waals surface area (Å²) in [5.74, 6) is -0.876. The van der Waals surface area contributed by atoms with Gasteiger partial charge in [-0.05, 0) is 48.9 Å². The molecule has 1 fully saturated rings. The Morgan fingerprint density at radius 1 is 1.30 bits per heavy atom. The highest BCUT2D eigenvalue weighted by atomic mass is 35.5. The molecular weight excluding hydrogens is 389 g/mol. The lowest BCUT2D eigenvalue weighted by molar-refractivity contribution is -0.128. The van der Waals surface area contributed by atoms with E-state index in [4.69, 9.17) is 11.6 Å². The van der Waals surface area contributed by atoms with Crippen LogP contribution in [-0.2, 0) is 9.59 Å². The number of carbonyl (C=O) groups is 2. The van der Waals surface area contributed by atoms with Gasteiger partial charge in [-0.1, -0.05) is 29.4 Å². The summed E-state index contributed by atoms with van der Waals surface area (Å²) in [6, 6.07) is 10.8. The van der Waals surface area contributed by atoms with Crippen molar-refractivity contribution in [2.24, 2.45) is 4.99 Å². The minimum Gasteiger partial charge on any atom is -0.325 e. The molecule has 2 aromatic carbocycles. The molecule has 0 aliphatic carbocycles. The van der Waals surface area contributed by atoms with Gasteiger partial charge in [-0.2, -0.15) is 0 Å². The number of nitrogens with one attached hydrogen (secondary N) is 1. The van der Waals surface area contributed by atoms with Gasteiger partial charge in [0.15, 0.2) is 5.17 Å². The van der Waals surface area contributed by atoms with Gasteiger partial charge in [0, 0.05) is 24.2 Å². The third-order valence-electron chi connectivity index (χ3n) is 4.05. The average Bonchev–Trinajstić information content (AvgIpc) is 2.63. The van der Waals surface area contributed by atoms with Gasteiger partial charge in [0.1, 0.15) is 11.1 Å². The highest BCUT2D eigenvalue weighted by molar-refractivity contribution is 8.15. The molecule has 2 aromatic rings. The molecule has 5 nitrogen and oxygen atoms in total. The first kappa shape index (κ1) is 19.4.